The lowest BCUT2D eigenvalue weighted by Gasteiger charge is -2.55. The molecule has 1 aliphatic heterocycles. The van der Waals surface area contributed by atoms with Gasteiger partial charge in [0.1, 0.15) is 0 Å². The topological polar surface area (TPSA) is 29.3 Å². The molecule has 2 N–H and O–H groups in total. The third kappa shape index (κ3) is 2.55. The van der Waals surface area contributed by atoms with Crippen LogP contribution in [0.3, 0.4) is 0 Å². The zero-order valence-electron chi connectivity index (χ0n) is 13.4. The van der Waals surface area contributed by atoms with Crippen molar-refractivity contribution in [1.82, 2.24) is 4.90 Å². The summed E-state index contributed by atoms with van der Waals surface area (Å²) in [5, 5.41) is 0.759. The van der Waals surface area contributed by atoms with Gasteiger partial charge in [-0.25, -0.2) is 0 Å². The van der Waals surface area contributed by atoms with Gasteiger partial charge in [0.15, 0.2) is 0 Å². The van der Waals surface area contributed by atoms with Crippen LogP contribution in [0.1, 0.15) is 65.2 Å². The van der Waals surface area contributed by atoms with Crippen LogP contribution in [-0.4, -0.2) is 40.6 Å². The monoisotopic (exact) mass is 296 g/mol. The second kappa shape index (κ2) is 5.81. The van der Waals surface area contributed by atoms with E-state index in [0.29, 0.717) is 11.6 Å². The molecule has 2 atom stereocenters. The van der Waals surface area contributed by atoms with E-state index in [-0.39, 0.29) is 0 Å². The van der Waals surface area contributed by atoms with Crippen molar-refractivity contribution >= 4 is 11.8 Å². The molecule has 1 saturated heterocycles. The van der Waals surface area contributed by atoms with Crippen LogP contribution in [-0.2, 0) is 0 Å². The highest BCUT2D eigenvalue weighted by atomic mass is 32.2. The molecule has 0 aromatic heterocycles. The molecule has 3 rings (SSSR count). The third-order valence-corrected chi connectivity index (χ3v) is 8.12. The molecule has 116 valence electrons. The predicted octanol–water partition coefficient (Wildman–Crippen LogP) is 3.64. The Morgan fingerprint density at radius 2 is 1.70 bits per heavy atom. The van der Waals surface area contributed by atoms with E-state index in [2.05, 4.69) is 30.5 Å². The summed E-state index contributed by atoms with van der Waals surface area (Å²) >= 11 is 2.14. The first-order valence-corrected chi connectivity index (χ1v) is 9.74. The highest BCUT2D eigenvalue weighted by molar-refractivity contribution is 8.00. The van der Waals surface area contributed by atoms with Crippen LogP contribution in [0.5, 0.6) is 0 Å². The summed E-state index contributed by atoms with van der Waals surface area (Å²) in [6, 6.07) is 0.690. The summed E-state index contributed by atoms with van der Waals surface area (Å²) in [6.45, 7) is 6.94. The lowest BCUT2D eigenvalue weighted by Crippen LogP contribution is -2.63. The van der Waals surface area contributed by atoms with Gasteiger partial charge in [-0.1, -0.05) is 19.8 Å². The fourth-order valence-electron chi connectivity index (χ4n) is 5.08. The Balaban J connectivity index is 1.72. The molecular weight excluding hydrogens is 264 g/mol. The van der Waals surface area contributed by atoms with E-state index in [0.717, 1.165) is 17.2 Å². The SMILES string of the molecule is CC1SCCN(C2(CN)CCC3(CCCC3)CC2)C1C. The number of nitrogens with two attached hydrogens (primary N) is 1. The van der Waals surface area contributed by atoms with Crippen molar-refractivity contribution in [3.63, 3.8) is 0 Å². The Bertz CT molecular complexity index is 328. The van der Waals surface area contributed by atoms with Gasteiger partial charge in [0, 0.05) is 35.7 Å². The number of nitrogens with zero attached hydrogens (tertiary/aromatic N) is 1. The van der Waals surface area contributed by atoms with E-state index < -0.39 is 0 Å². The van der Waals surface area contributed by atoms with Crippen LogP contribution in [0.25, 0.3) is 0 Å². The van der Waals surface area contributed by atoms with Gasteiger partial charge < -0.3 is 5.73 Å². The lowest BCUT2D eigenvalue weighted by molar-refractivity contribution is -0.00757. The van der Waals surface area contributed by atoms with E-state index in [4.69, 9.17) is 5.73 Å². The minimum atomic E-state index is 0.322. The maximum Gasteiger partial charge on any atom is 0.0335 e. The maximum atomic E-state index is 6.32. The molecule has 2 nitrogen and oxygen atoms in total. The summed E-state index contributed by atoms with van der Waals surface area (Å²) in [6.07, 6.45) is 11.5. The van der Waals surface area contributed by atoms with Crippen LogP contribution in [0, 0.1) is 5.41 Å². The summed E-state index contributed by atoms with van der Waals surface area (Å²) in [4.78, 5) is 2.80. The molecule has 3 heteroatoms. The Morgan fingerprint density at radius 3 is 2.30 bits per heavy atom. The fourth-order valence-corrected chi connectivity index (χ4v) is 6.18. The van der Waals surface area contributed by atoms with Gasteiger partial charge in [-0.3, -0.25) is 4.90 Å². The first kappa shape index (κ1) is 15.2. The van der Waals surface area contributed by atoms with Crippen molar-refractivity contribution in [2.45, 2.75) is 82.0 Å². The van der Waals surface area contributed by atoms with Crippen LogP contribution in [0.2, 0.25) is 0 Å². The Kier molecular flexibility index (Phi) is 4.41. The number of thioether (sulfide) groups is 1. The molecule has 3 aliphatic rings. The van der Waals surface area contributed by atoms with E-state index >= 15 is 0 Å². The molecular formula is C17H32N2S. The summed E-state index contributed by atoms with van der Waals surface area (Å²) in [5.41, 5.74) is 7.36. The van der Waals surface area contributed by atoms with Gasteiger partial charge in [-0.2, -0.15) is 11.8 Å². The predicted molar refractivity (Wildman–Crippen MR) is 89.2 cm³/mol. The van der Waals surface area contributed by atoms with Gasteiger partial charge in [-0.15, -0.1) is 0 Å². The van der Waals surface area contributed by atoms with Gasteiger partial charge in [0.05, 0.1) is 0 Å². The van der Waals surface area contributed by atoms with E-state index in [9.17, 15) is 0 Å². The summed E-state index contributed by atoms with van der Waals surface area (Å²) < 4.78 is 0. The van der Waals surface area contributed by atoms with Gasteiger partial charge in [0.2, 0.25) is 0 Å². The van der Waals surface area contributed by atoms with E-state index in [1.54, 1.807) is 0 Å². The maximum absolute atomic E-state index is 6.32. The first-order valence-electron chi connectivity index (χ1n) is 8.69. The number of rotatable bonds is 2. The fraction of sp³-hybridized carbons (Fsp3) is 1.00. The van der Waals surface area contributed by atoms with Crippen molar-refractivity contribution in [2.75, 3.05) is 18.8 Å². The first-order chi connectivity index (χ1) is 9.61. The van der Waals surface area contributed by atoms with E-state index in [1.165, 1.54) is 63.7 Å². The molecule has 20 heavy (non-hydrogen) atoms. The largest absolute Gasteiger partial charge is 0.329 e. The molecule has 0 radical (unpaired) electrons. The minimum absolute atomic E-state index is 0.322. The summed E-state index contributed by atoms with van der Waals surface area (Å²) in [5.74, 6) is 1.29. The van der Waals surface area contributed by atoms with Crippen LogP contribution in [0.15, 0.2) is 0 Å². The van der Waals surface area contributed by atoms with Crippen molar-refractivity contribution < 1.29 is 0 Å². The minimum Gasteiger partial charge on any atom is -0.329 e. The van der Waals surface area contributed by atoms with Gasteiger partial charge in [-0.05, 0) is 50.9 Å². The second-order valence-electron chi connectivity index (χ2n) is 7.65. The standard InChI is InChI=1S/C17H32N2S/c1-14-15(2)20-12-11-19(14)17(13-18)9-7-16(8-10-17)5-3-4-6-16/h14-15H,3-13,18H2,1-2H3. The second-order valence-corrected chi connectivity index (χ2v) is 9.13. The zero-order chi connectivity index (χ0) is 14.2. The van der Waals surface area contributed by atoms with Crippen molar-refractivity contribution in [3.05, 3.63) is 0 Å². The third-order valence-electron chi connectivity index (χ3n) is 6.78. The molecule has 2 aliphatic carbocycles. The molecule has 3 fully saturated rings. The number of hydrogen-bond acceptors (Lipinski definition) is 3. The Morgan fingerprint density at radius 1 is 1.05 bits per heavy atom. The molecule has 0 aromatic carbocycles. The highest BCUT2D eigenvalue weighted by Gasteiger charge is 2.48. The molecule has 1 heterocycles. The average Bonchev–Trinajstić information content (AvgIpc) is 2.92. The highest BCUT2D eigenvalue weighted by Crippen LogP contribution is 2.53. The van der Waals surface area contributed by atoms with Crippen LogP contribution in [0.4, 0.5) is 0 Å². The normalized spacial score (nSPS) is 37.4. The zero-order valence-corrected chi connectivity index (χ0v) is 14.2. The quantitative estimate of drug-likeness (QED) is 0.843. The van der Waals surface area contributed by atoms with Crippen LogP contribution >= 0.6 is 11.8 Å². The van der Waals surface area contributed by atoms with Crippen LogP contribution < -0.4 is 5.73 Å². The molecule has 0 bridgehead atoms. The molecule has 2 saturated carbocycles. The summed E-state index contributed by atoms with van der Waals surface area (Å²) in [7, 11) is 0. The molecule has 2 unspecified atom stereocenters. The van der Waals surface area contributed by atoms with Crippen molar-refractivity contribution in [3.8, 4) is 0 Å². The molecule has 0 aromatic rings. The average molecular weight is 297 g/mol. The van der Waals surface area contributed by atoms with Crippen molar-refractivity contribution in [1.29, 1.82) is 0 Å². The lowest BCUT2D eigenvalue weighted by atomic mass is 9.65. The van der Waals surface area contributed by atoms with Gasteiger partial charge >= 0.3 is 0 Å². The van der Waals surface area contributed by atoms with Crippen molar-refractivity contribution in [2.24, 2.45) is 11.1 Å². The smallest absolute Gasteiger partial charge is 0.0335 e. The Labute approximate surface area is 129 Å². The Hall–Kier alpha value is 0.270. The number of hydrogen-bond donors (Lipinski definition) is 1. The molecule has 1 spiro atoms. The molecule has 0 amide bonds. The van der Waals surface area contributed by atoms with Gasteiger partial charge in [0.25, 0.3) is 0 Å². The van der Waals surface area contributed by atoms with E-state index in [1.807, 2.05) is 0 Å².